The van der Waals surface area contributed by atoms with Gasteiger partial charge in [-0.05, 0) is 24.1 Å². The number of benzene rings is 2. The predicted molar refractivity (Wildman–Crippen MR) is 86.9 cm³/mol. The molecule has 6 nitrogen and oxygen atoms in total. The van der Waals surface area contributed by atoms with Gasteiger partial charge in [0.1, 0.15) is 6.61 Å². The first-order valence-electron chi connectivity index (χ1n) is 7.71. The van der Waals surface area contributed by atoms with Crippen LogP contribution < -0.4 is 0 Å². The van der Waals surface area contributed by atoms with Crippen molar-refractivity contribution < 1.29 is 19.2 Å². The van der Waals surface area contributed by atoms with E-state index in [1.165, 1.54) is 29.8 Å². The molecule has 1 fully saturated rings. The Bertz CT molecular complexity index is 714. The van der Waals surface area contributed by atoms with E-state index in [0.717, 1.165) is 6.42 Å². The summed E-state index contributed by atoms with van der Waals surface area (Å²) in [6, 6.07) is 15.5. The van der Waals surface area contributed by atoms with E-state index in [1.54, 1.807) is 0 Å². The van der Waals surface area contributed by atoms with Gasteiger partial charge in [-0.1, -0.05) is 30.3 Å². The van der Waals surface area contributed by atoms with Crippen molar-refractivity contribution in [2.24, 2.45) is 0 Å². The highest BCUT2D eigenvalue weighted by Crippen LogP contribution is 2.29. The maximum absolute atomic E-state index is 12.0. The number of non-ortho nitro benzene ring substituents is 1. The first kappa shape index (κ1) is 16.1. The van der Waals surface area contributed by atoms with Crippen LogP contribution in [0.15, 0.2) is 54.6 Å². The lowest BCUT2D eigenvalue weighted by Crippen LogP contribution is -2.18. The number of nitro groups is 1. The van der Waals surface area contributed by atoms with Gasteiger partial charge in [0.05, 0.1) is 23.2 Å². The van der Waals surface area contributed by atoms with Gasteiger partial charge in [0, 0.05) is 18.1 Å². The zero-order chi connectivity index (χ0) is 16.9. The van der Waals surface area contributed by atoms with Gasteiger partial charge in [0.15, 0.2) is 0 Å². The number of carbonyl (C=O) groups is 1. The van der Waals surface area contributed by atoms with Crippen molar-refractivity contribution in [3.8, 4) is 0 Å². The van der Waals surface area contributed by atoms with Crippen LogP contribution in [0.5, 0.6) is 0 Å². The molecule has 1 aliphatic rings. The Morgan fingerprint density at radius 1 is 1.17 bits per heavy atom. The first-order valence-corrected chi connectivity index (χ1v) is 7.71. The van der Waals surface area contributed by atoms with E-state index >= 15 is 0 Å². The SMILES string of the molecule is O=C(OC[C@H]1C[C@H](c2ccccc2)CO1)c1ccc([N+](=O)[O-])cc1. The lowest BCUT2D eigenvalue weighted by atomic mass is 9.97. The smallest absolute Gasteiger partial charge is 0.338 e. The van der Waals surface area contributed by atoms with Crippen LogP contribution in [-0.4, -0.2) is 30.2 Å². The molecule has 24 heavy (non-hydrogen) atoms. The first-order chi connectivity index (χ1) is 11.6. The second kappa shape index (κ2) is 7.23. The van der Waals surface area contributed by atoms with Crippen molar-refractivity contribution in [3.05, 3.63) is 75.8 Å². The maximum atomic E-state index is 12.0. The Labute approximate surface area is 139 Å². The fourth-order valence-electron chi connectivity index (χ4n) is 2.75. The van der Waals surface area contributed by atoms with E-state index in [1.807, 2.05) is 18.2 Å². The summed E-state index contributed by atoms with van der Waals surface area (Å²) < 4.78 is 11.0. The Morgan fingerprint density at radius 3 is 2.54 bits per heavy atom. The van der Waals surface area contributed by atoms with E-state index in [9.17, 15) is 14.9 Å². The number of nitro benzene ring substituents is 1. The molecule has 2 atom stereocenters. The molecule has 0 aliphatic carbocycles. The van der Waals surface area contributed by atoms with Crippen LogP contribution in [0.4, 0.5) is 5.69 Å². The minimum Gasteiger partial charge on any atom is -0.459 e. The molecular weight excluding hydrogens is 310 g/mol. The minimum atomic E-state index is -0.509. The second-order valence-corrected chi connectivity index (χ2v) is 5.70. The van der Waals surface area contributed by atoms with E-state index in [2.05, 4.69) is 12.1 Å². The molecule has 0 unspecified atom stereocenters. The summed E-state index contributed by atoms with van der Waals surface area (Å²) in [6.07, 6.45) is 0.676. The van der Waals surface area contributed by atoms with E-state index < -0.39 is 10.9 Å². The molecule has 0 N–H and O–H groups in total. The summed E-state index contributed by atoms with van der Waals surface area (Å²) >= 11 is 0. The monoisotopic (exact) mass is 327 g/mol. The van der Waals surface area contributed by atoms with Crippen LogP contribution in [-0.2, 0) is 9.47 Å². The van der Waals surface area contributed by atoms with Crippen molar-refractivity contribution in [3.63, 3.8) is 0 Å². The third kappa shape index (κ3) is 3.78. The number of hydrogen-bond donors (Lipinski definition) is 0. The fraction of sp³-hybridized carbons (Fsp3) is 0.278. The lowest BCUT2D eigenvalue weighted by Gasteiger charge is -2.11. The van der Waals surface area contributed by atoms with Gasteiger partial charge in [-0.3, -0.25) is 10.1 Å². The molecule has 0 amide bonds. The summed E-state index contributed by atoms with van der Waals surface area (Å²) in [7, 11) is 0. The van der Waals surface area contributed by atoms with Gasteiger partial charge in [0.2, 0.25) is 0 Å². The largest absolute Gasteiger partial charge is 0.459 e. The molecule has 0 bridgehead atoms. The van der Waals surface area contributed by atoms with Crippen molar-refractivity contribution in [2.75, 3.05) is 13.2 Å². The van der Waals surface area contributed by atoms with Gasteiger partial charge in [-0.15, -0.1) is 0 Å². The molecule has 0 aromatic heterocycles. The second-order valence-electron chi connectivity index (χ2n) is 5.70. The standard InChI is InChI=1S/C18H17NO5/c20-18(14-6-8-16(9-7-14)19(21)22)24-12-17-10-15(11-23-17)13-4-2-1-3-5-13/h1-9,15,17H,10-12H2/t15-,17+/m0/s1. The molecule has 3 rings (SSSR count). The highest BCUT2D eigenvalue weighted by molar-refractivity contribution is 5.89. The van der Waals surface area contributed by atoms with Crippen LogP contribution in [0.3, 0.4) is 0 Å². The number of carbonyl (C=O) groups excluding carboxylic acids is 1. The van der Waals surface area contributed by atoms with Crippen LogP contribution in [0.1, 0.15) is 28.3 Å². The number of esters is 1. The summed E-state index contributed by atoms with van der Waals surface area (Å²) in [5, 5.41) is 10.6. The fourth-order valence-corrected chi connectivity index (χ4v) is 2.75. The van der Waals surface area contributed by atoms with Crippen molar-refractivity contribution in [1.29, 1.82) is 0 Å². The topological polar surface area (TPSA) is 78.7 Å². The predicted octanol–water partition coefficient (Wildman–Crippen LogP) is 3.32. The van der Waals surface area contributed by atoms with E-state index in [0.29, 0.717) is 18.1 Å². The zero-order valence-electron chi connectivity index (χ0n) is 13.0. The Kier molecular flexibility index (Phi) is 4.86. The normalized spacial score (nSPS) is 19.8. The van der Waals surface area contributed by atoms with E-state index in [4.69, 9.17) is 9.47 Å². The molecule has 6 heteroatoms. The van der Waals surface area contributed by atoms with Gasteiger partial charge in [0.25, 0.3) is 5.69 Å². The van der Waals surface area contributed by atoms with E-state index in [-0.39, 0.29) is 18.4 Å². The number of rotatable bonds is 5. The number of nitrogens with zero attached hydrogens (tertiary/aromatic N) is 1. The molecule has 2 aromatic carbocycles. The molecule has 0 spiro atoms. The van der Waals surface area contributed by atoms with Crippen molar-refractivity contribution in [2.45, 2.75) is 18.4 Å². The van der Waals surface area contributed by atoms with Gasteiger partial charge in [-0.2, -0.15) is 0 Å². The Morgan fingerprint density at radius 2 is 1.88 bits per heavy atom. The maximum Gasteiger partial charge on any atom is 0.338 e. The third-order valence-corrected chi connectivity index (χ3v) is 4.07. The van der Waals surface area contributed by atoms with Crippen LogP contribution in [0.2, 0.25) is 0 Å². The average Bonchev–Trinajstić information content (AvgIpc) is 3.09. The molecule has 124 valence electrons. The summed E-state index contributed by atoms with van der Waals surface area (Å²) in [4.78, 5) is 22.1. The highest BCUT2D eigenvalue weighted by Gasteiger charge is 2.27. The van der Waals surface area contributed by atoms with Crippen molar-refractivity contribution >= 4 is 11.7 Å². The molecule has 1 aliphatic heterocycles. The molecule has 2 aromatic rings. The lowest BCUT2D eigenvalue weighted by molar-refractivity contribution is -0.384. The summed E-state index contributed by atoms with van der Waals surface area (Å²) in [5.74, 6) is -0.189. The molecule has 0 saturated carbocycles. The van der Waals surface area contributed by atoms with Gasteiger partial charge < -0.3 is 9.47 Å². The van der Waals surface area contributed by atoms with Crippen LogP contribution >= 0.6 is 0 Å². The number of hydrogen-bond acceptors (Lipinski definition) is 5. The summed E-state index contributed by atoms with van der Waals surface area (Å²) in [5.41, 5.74) is 1.45. The van der Waals surface area contributed by atoms with Gasteiger partial charge in [-0.25, -0.2) is 4.79 Å². The highest BCUT2D eigenvalue weighted by atomic mass is 16.6. The molecule has 0 radical (unpaired) electrons. The third-order valence-electron chi connectivity index (χ3n) is 4.07. The molecular formula is C18H17NO5. The van der Waals surface area contributed by atoms with Crippen LogP contribution in [0, 0.1) is 10.1 Å². The Hall–Kier alpha value is -2.73. The number of ether oxygens (including phenoxy) is 2. The molecule has 1 heterocycles. The summed E-state index contributed by atoms with van der Waals surface area (Å²) in [6.45, 7) is 0.795. The molecule has 1 saturated heterocycles. The average molecular weight is 327 g/mol. The van der Waals surface area contributed by atoms with Crippen molar-refractivity contribution in [1.82, 2.24) is 0 Å². The van der Waals surface area contributed by atoms with Crippen LogP contribution in [0.25, 0.3) is 0 Å². The quantitative estimate of drug-likeness (QED) is 0.478. The van der Waals surface area contributed by atoms with Gasteiger partial charge >= 0.3 is 5.97 Å². The Balaban J connectivity index is 1.51. The zero-order valence-corrected chi connectivity index (χ0v) is 13.0. The minimum absolute atomic E-state index is 0.0589.